The van der Waals surface area contributed by atoms with Crippen LogP contribution in [-0.2, 0) is 105 Å². The van der Waals surface area contributed by atoms with Crippen molar-refractivity contribution in [3.63, 3.8) is 0 Å². The van der Waals surface area contributed by atoms with E-state index in [4.69, 9.17) is 111 Å². The lowest BCUT2D eigenvalue weighted by Gasteiger charge is -2.09. The fourth-order valence-electron chi connectivity index (χ4n) is 12.5. The minimum absolute atomic E-state index is 0.00493. The number of hydrogen-bond acceptors (Lipinski definition) is 18. The average Bonchev–Trinajstić information content (AvgIpc) is 1.49. The molecule has 12 N–H and O–H groups in total. The summed E-state index contributed by atoms with van der Waals surface area (Å²) >= 11 is 0. The number of H-pyrrole nitrogens is 6. The number of ether oxygens (including phenoxy) is 6. The first-order chi connectivity index (χ1) is 84.6. The molecule has 6 aromatic carbocycles. The highest BCUT2D eigenvalue weighted by atomic mass is 16.6. The monoisotopic (exact) mass is 1780 g/mol. The van der Waals surface area contributed by atoms with Gasteiger partial charge in [-0.15, -0.1) is 0 Å². The van der Waals surface area contributed by atoms with Crippen molar-refractivity contribution in [3.8, 4) is 0 Å². The number of fused-ring (bicyclic) bond motifs is 6. The summed E-state index contributed by atoms with van der Waals surface area (Å²) in [6.45, 7) is -29.3. The van der Waals surface area contributed by atoms with Crippen LogP contribution in [0.3, 0.4) is 0 Å². The Labute approximate surface area is 821 Å². The van der Waals surface area contributed by atoms with Crippen molar-refractivity contribution in [2.45, 2.75) is 113 Å². The fourth-order valence-corrected chi connectivity index (χ4v) is 12.5. The Morgan fingerprint density at radius 1 is 0.317 bits per heavy atom. The van der Waals surface area contributed by atoms with Gasteiger partial charge in [0.2, 0.25) is 0 Å². The van der Waals surface area contributed by atoms with Gasteiger partial charge in [-0.05, 0) is 300 Å². The third-order valence-electron chi connectivity index (χ3n) is 18.4. The van der Waals surface area contributed by atoms with Gasteiger partial charge in [-0.3, -0.25) is 0 Å². The van der Waals surface area contributed by atoms with Gasteiger partial charge in [0.15, 0.2) is 8.47 Å². The molecule has 18 rings (SSSR count). The maximum Gasteiger partial charge on any atom is 0.407 e. The average molecular weight is 1780 g/mol. The number of aromatic amines is 6. The molecule has 672 valence electrons. The van der Waals surface area contributed by atoms with E-state index in [1.54, 1.807) is 6.20 Å². The lowest BCUT2D eigenvalue weighted by atomic mass is 10.0. The first kappa shape index (κ1) is 42.0. The molecule has 6 aromatic heterocycles. The number of nitrogens with zero attached hydrogens (tertiary/aromatic N) is 6. The van der Waals surface area contributed by atoms with Gasteiger partial charge in [0.1, 0.15) is 39.6 Å². The van der Waals surface area contributed by atoms with Crippen molar-refractivity contribution in [1.82, 2.24) is 91.2 Å². The Hall–Kier alpha value is -12.1. The number of cyclic esters (lactones) is 6. The number of alkyl carbamates (subject to hydrolysis) is 6. The molecule has 0 bridgehead atoms. The maximum absolute atomic E-state index is 11.5. The second-order valence-electron chi connectivity index (χ2n) is 28.8. The van der Waals surface area contributed by atoms with Crippen molar-refractivity contribution >= 4 is 102 Å². The molecule has 6 fully saturated rings. The quantitative estimate of drug-likeness (QED) is 0.0186. The van der Waals surface area contributed by atoms with Gasteiger partial charge in [0.05, 0.1) is 69.0 Å². The van der Waals surface area contributed by atoms with E-state index in [0.29, 0.717) is 50.3 Å². The molecule has 6 saturated heterocycles. The molecule has 6 aliphatic heterocycles. The van der Waals surface area contributed by atoms with Gasteiger partial charge < -0.3 is 120 Å². The number of nitrogens with one attached hydrogen (secondary N) is 12. The van der Waals surface area contributed by atoms with E-state index in [1.807, 2.05) is 19.0 Å². The molecule has 126 heavy (non-hydrogen) atoms. The summed E-state index contributed by atoms with van der Waals surface area (Å²) in [4.78, 5) is 83.3. The SMILES string of the molecule is [2H]c1c(C[C@@]2([2H])COC(=O)N2)c([2H])c2c(C([2H])([2H])C([2H])([2H])N(C([2H])([2H])[2H])C([2H])([2H])[2H])c[nH]c2c1[2H].[2H]c1c(C[C@@]2([2H])COC(=O)N2)c([2H])c2c(C([2H])([2H])C([2H])([2H])N(C)C([2H])([2H])[2H])c[nH]c2c1[2H].[2H]c1c(C[C@@]2([2H])COC(=O)N2)c([2H])c2c(C([2H])([2H])C([2H])([2H])N(C)C)c[nH]c2c1[2H].[2H]c1c(C[C@@]2([2H])COC(=O)N2[2H])c([2H])c2c(CCN(C([2H])([2H])[2H])C([2H])([2H])[2H])cn([2H])c2c1[2H].[2H]c1c(C[C@@]2([2H])COC(=O)N2[2H])c([2H])c2c(CCN(C)C([2H])([2H])[2H])cn([2H])c2c1[2H].[2H]c1c(C[C@@]2([2H])COC(=O)N2[2H])c([2H])c2c(CCN(C)C)cn([2H])c2c1[2H]. The van der Waals surface area contributed by atoms with Crippen LogP contribution in [0.1, 0.15) is 141 Å². The number of amides is 6. The second-order valence-corrected chi connectivity index (χ2v) is 28.8. The standard InChI is InChI=1S/6C16H21N3O2/c6*1-19(2)6-5-12-9-17-15-4-3-11(8-14(12)15)7-13-10-21-16(20)18-13/h6*3-4,8-9,13,17H,5-7,10H2,1-2H3,(H,18,20)/t6*13-/m000000/s1/i1D3,2D3,3D,4D,5D2,6D2,8D,13D;1D3,3D,4D,5D2,6D2,8D,13D;3D,4D,5D2,6D2,8D,13D;1D3,2D3,3D,4D,8D,13D;1D3,3D,4D,8D,13D;3D,4D,8D,13D/hD6. The predicted octanol–water partition coefficient (Wildman–Crippen LogP) is 11.5. The van der Waals surface area contributed by atoms with Crippen molar-refractivity contribution in [2.75, 3.05) is 163 Å². The van der Waals surface area contributed by atoms with Crippen molar-refractivity contribution < 1.29 is 140 Å². The number of likely N-dealkylation sites (N-methyl/N-ethyl adjacent to an activating group) is 6. The van der Waals surface area contributed by atoms with E-state index >= 15 is 0 Å². The van der Waals surface area contributed by atoms with E-state index in [9.17, 15) is 28.8 Å². The van der Waals surface area contributed by atoms with E-state index in [0.717, 1.165) is 44.2 Å². The van der Waals surface area contributed by atoms with Gasteiger partial charge in [0.25, 0.3) is 0 Å². The molecule has 6 amide bonds. The number of rotatable bonds is 30. The van der Waals surface area contributed by atoms with Crippen molar-refractivity contribution in [1.29, 1.82) is 0 Å². The highest BCUT2D eigenvalue weighted by molar-refractivity contribution is 5.88. The number of benzene rings is 6. The minimum Gasteiger partial charge on any atom is -0.447 e. The first-order valence-corrected chi connectivity index (χ1v) is 38.4. The molecular weight excluding hydrogens is 1600 g/mol. The van der Waals surface area contributed by atoms with Crippen molar-refractivity contribution in [3.05, 3.63) is 213 Å². The summed E-state index contributed by atoms with van der Waals surface area (Å²) in [5.74, 6) is 0. The minimum atomic E-state index is -3.67. The largest absolute Gasteiger partial charge is 0.447 e. The van der Waals surface area contributed by atoms with E-state index in [-0.39, 0.29) is 235 Å². The third kappa shape index (κ3) is 26.5. The van der Waals surface area contributed by atoms with Crippen LogP contribution < -0.4 is 31.9 Å². The fraction of sp³-hybridized carbons (Fsp3) is 0.438. The topological polar surface area (TPSA) is 344 Å². The number of aromatic nitrogens is 6. The number of carbonyl (C=O) groups is 6. The van der Waals surface area contributed by atoms with Crippen LogP contribution in [0.15, 0.2) is 146 Å². The van der Waals surface area contributed by atoms with Crippen LogP contribution in [0.4, 0.5) is 28.8 Å². The van der Waals surface area contributed by atoms with E-state index in [2.05, 4.69) is 30.9 Å². The van der Waals surface area contributed by atoms with Gasteiger partial charge in [-0.25, -0.2) is 28.8 Å². The molecule has 0 unspecified atom stereocenters. The van der Waals surface area contributed by atoms with Gasteiger partial charge >= 0.3 is 36.6 Å². The molecule has 0 radical (unpaired) electrons. The summed E-state index contributed by atoms with van der Waals surface area (Å²) in [7, 11) is 8.95. The Kier molecular flexibility index (Phi) is 14.6. The van der Waals surface area contributed by atoms with E-state index in [1.165, 1.54) is 39.7 Å². The lowest BCUT2D eigenvalue weighted by Crippen LogP contribution is -2.28. The molecule has 6 atom stereocenters. The Morgan fingerprint density at radius 3 is 0.857 bits per heavy atom. The maximum atomic E-state index is 11.5. The summed E-state index contributed by atoms with van der Waals surface area (Å²) in [6, 6.07) is -16.9. The molecule has 12 heterocycles. The molecule has 30 nitrogen and oxygen atoms in total. The summed E-state index contributed by atoms with van der Waals surface area (Å²) in [5, 5.41) is 7.90. The molecule has 0 spiro atoms. The Morgan fingerprint density at radius 2 is 0.579 bits per heavy atom. The first-order valence-electron chi connectivity index (χ1n) is 68.1. The Bertz CT molecular complexity index is 8790. The van der Waals surface area contributed by atoms with Gasteiger partial charge in [-0.1, -0.05) is 36.3 Å². The van der Waals surface area contributed by atoms with Crippen LogP contribution in [-0.4, -0.2) is 295 Å². The van der Waals surface area contributed by atoms with Crippen LogP contribution >= 0.6 is 0 Å². The molecule has 0 aliphatic carbocycles. The molecule has 12 aromatic rings. The summed E-state index contributed by atoms with van der Waals surface area (Å²) in [5.41, 5.74) is -0.385. The summed E-state index contributed by atoms with van der Waals surface area (Å²) in [6.07, 6.45) is -8.76. The molecule has 6 aliphatic rings. The van der Waals surface area contributed by atoms with Gasteiger partial charge in [0, 0.05) is 183 Å². The van der Waals surface area contributed by atoms with Crippen LogP contribution in [0.25, 0.3) is 65.4 Å². The molecule has 30 heteroatoms. The second kappa shape index (κ2) is 43.7. The smallest absolute Gasteiger partial charge is 0.407 e. The molecule has 0 saturated carbocycles. The number of hydrogen-bond donors (Lipinski definition) is 12. The third-order valence-corrected chi connectivity index (χ3v) is 18.4. The zero-order valence-corrected chi connectivity index (χ0v) is 68.5. The van der Waals surface area contributed by atoms with Crippen molar-refractivity contribution in [2.24, 2.45) is 0 Å². The summed E-state index contributed by atoms with van der Waals surface area (Å²) < 4.78 is 511. The Balaban J connectivity index is 0.000000181. The highest BCUT2D eigenvalue weighted by Crippen LogP contribution is 2.29. The van der Waals surface area contributed by atoms with Crippen LogP contribution in [0.2, 0.25) is 8.47 Å². The normalized spacial score (nSPS) is 30.1. The highest BCUT2D eigenvalue weighted by Gasteiger charge is 2.29. The van der Waals surface area contributed by atoms with Gasteiger partial charge in [-0.2, -0.15) is 0 Å². The predicted molar refractivity (Wildman–Crippen MR) is 495 cm³/mol. The lowest BCUT2D eigenvalue weighted by molar-refractivity contribution is 0.176. The zero-order chi connectivity index (χ0) is 141. The van der Waals surface area contributed by atoms with Crippen LogP contribution in [0, 0.1) is 0 Å². The molecular formula is C96H126N18O12. The number of carbonyl (C=O) groups excluding carboxylic acids is 6. The van der Waals surface area contributed by atoms with Crippen LogP contribution in [0.5, 0.6) is 0 Å². The zero-order valence-electron chi connectivity index (χ0n) is 128. The number of aryl methyl sites for hydroxylation is 3. The van der Waals surface area contributed by atoms with E-state index < -0.39 is 257 Å².